The first-order valence-corrected chi connectivity index (χ1v) is 8.59. The van der Waals surface area contributed by atoms with E-state index in [1.165, 1.54) is 14.2 Å². The van der Waals surface area contributed by atoms with E-state index in [4.69, 9.17) is 14.6 Å². The fourth-order valence-electron chi connectivity index (χ4n) is 2.38. The van der Waals surface area contributed by atoms with Gasteiger partial charge in [-0.3, -0.25) is 9.59 Å². The summed E-state index contributed by atoms with van der Waals surface area (Å²) < 4.78 is 15.2. The van der Waals surface area contributed by atoms with E-state index in [2.05, 4.69) is 4.74 Å². The Morgan fingerprint density at radius 1 is 0.960 bits per heavy atom. The molecule has 0 saturated heterocycles. The zero-order chi connectivity index (χ0) is 18.5. The molecule has 0 amide bonds. The molecule has 6 heteroatoms. The lowest BCUT2D eigenvalue weighted by atomic mass is 10.0. The topological polar surface area (TPSA) is 82.1 Å². The molecule has 0 aliphatic carbocycles. The van der Waals surface area contributed by atoms with Gasteiger partial charge in [0.05, 0.1) is 20.8 Å². The summed E-state index contributed by atoms with van der Waals surface area (Å²) in [4.78, 5) is 22.7. The van der Waals surface area contributed by atoms with E-state index in [-0.39, 0.29) is 25.0 Å². The van der Waals surface area contributed by atoms with Crippen LogP contribution in [0.3, 0.4) is 0 Å². The molecule has 0 aromatic heterocycles. The van der Waals surface area contributed by atoms with Gasteiger partial charge in [-0.15, -0.1) is 0 Å². The molecule has 25 heavy (non-hydrogen) atoms. The number of ether oxygens (including phenoxy) is 3. The molecule has 0 heterocycles. The maximum absolute atomic E-state index is 11.4. The molecule has 1 rings (SSSR count). The van der Waals surface area contributed by atoms with Gasteiger partial charge in [-0.05, 0) is 49.3 Å². The van der Waals surface area contributed by atoms with E-state index in [0.717, 1.165) is 36.1 Å². The Balaban J connectivity index is 2.71. The fourth-order valence-corrected chi connectivity index (χ4v) is 2.38. The molecule has 140 valence electrons. The molecular weight excluding hydrogens is 324 g/mol. The largest absolute Gasteiger partial charge is 0.493 e. The minimum absolute atomic E-state index is 0.194. The first kappa shape index (κ1) is 21.0. The summed E-state index contributed by atoms with van der Waals surface area (Å²) in [5.41, 5.74) is 1.92. The van der Waals surface area contributed by atoms with Crippen molar-refractivity contribution in [1.29, 1.82) is 0 Å². The Morgan fingerprint density at radius 2 is 1.64 bits per heavy atom. The van der Waals surface area contributed by atoms with Gasteiger partial charge in [0.15, 0.2) is 0 Å². The Morgan fingerprint density at radius 3 is 2.28 bits per heavy atom. The van der Waals surface area contributed by atoms with Crippen LogP contribution in [0, 0.1) is 0 Å². The molecule has 0 unspecified atom stereocenters. The monoisotopic (exact) mass is 352 g/mol. The standard InChI is InChI=1S/C19H28O6/c1-23-18(21)10-7-15-6-9-17(25-13-5-3-4-12-20)16(14-15)8-11-19(22)24-2/h6,9,14,20H,3-5,7-8,10-13H2,1-2H3. The summed E-state index contributed by atoms with van der Waals surface area (Å²) in [7, 11) is 2.74. The van der Waals surface area contributed by atoms with Crippen molar-refractivity contribution in [1.82, 2.24) is 0 Å². The van der Waals surface area contributed by atoms with Gasteiger partial charge in [0.2, 0.25) is 0 Å². The van der Waals surface area contributed by atoms with E-state index < -0.39 is 0 Å². The zero-order valence-corrected chi connectivity index (χ0v) is 15.1. The number of aliphatic hydroxyl groups is 1. The normalized spacial score (nSPS) is 10.4. The number of aliphatic hydroxyl groups excluding tert-OH is 1. The summed E-state index contributed by atoms with van der Waals surface area (Å²) in [5, 5.41) is 8.79. The lowest BCUT2D eigenvalue weighted by Crippen LogP contribution is -2.06. The number of carbonyl (C=O) groups excluding carboxylic acids is 2. The van der Waals surface area contributed by atoms with E-state index in [1.807, 2.05) is 18.2 Å². The molecule has 0 aliphatic heterocycles. The highest BCUT2D eigenvalue weighted by Crippen LogP contribution is 2.23. The third-order valence-corrected chi connectivity index (χ3v) is 3.86. The van der Waals surface area contributed by atoms with Crippen LogP contribution >= 0.6 is 0 Å². The van der Waals surface area contributed by atoms with E-state index >= 15 is 0 Å². The lowest BCUT2D eigenvalue weighted by molar-refractivity contribution is -0.141. The Hall–Kier alpha value is -2.08. The average Bonchev–Trinajstić information content (AvgIpc) is 2.64. The van der Waals surface area contributed by atoms with Gasteiger partial charge in [-0.25, -0.2) is 0 Å². The van der Waals surface area contributed by atoms with Crippen molar-refractivity contribution in [2.45, 2.75) is 44.9 Å². The quantitative estimate of drug-likeness (QED) is 0.460. The van der Waals surface area contributed by atoms with Crippen molar-refractivity contribution >= 4 is 11.9 Å². The molecular formula is C19H28O6. The maximum Gasteiger partial charge on any atom is 0.305 e. The first-order chi connectivity index (χ1) is 12.1. The van der Waals surface area contributed by atoms with Gasteiger partial charge in [0.25, 0.3) is 0 Å². The molecule has 0 radical (unpaired) electrons. The predicted octanol–water partition coefficient (Wildman–Crippen LogP) is 2.44. The predicted molar refractivity (Wildman–Crippen MR) is 93.5 cm³/mol. The van der Waals surface area contributed by atoms with Gasteiger partial charge >= 0.3 is 11.9 Å². The molecule has 1 N–H and O–H groups in total. The van der Waals surface area contributed by atoms with E-state index in [9.17, 15) is 9.59 Å². The van der Waals surface area contributed by atoms with Crippen molar-refractivity contribution in [2.75, 3.05) is 27.4 Å². The van der Waals surface area contributed by atoms with Crippen LogP contribution in [0.1, 0.15) is 43.2 Å². The van der Waals surface area contributed by atoms with Crippen LogP contribution in [0.2, 0.25) is 0 Å². The number of benzene rings is 1. The third kappa shape index (κ3) is 8.54. The molecule has 1 aromatic rings. The van der Waals surface area contributed by atoms with Crippen LogP contribution in [0.4, 0.5) is 0 Å². The molecule has 0 fully saturated rings. The SMILES string of the molecule is COC(=O)CCc1ccc(OCCCCCO)c(CCC(=O)OC)c1. The average molecular weight is 352 g/mol. The van der Waals surface area contributed by atoms with Crippen LogP contribution in [0.25, 0.3) is 0 Å². The van der Waals surface area contributed by atoms with Gasteiger partial charge in [0.1, 0.15) is 5.75 Å². The van der Waals surface area contributed by atoms with Gasteiger partial charge < -0.3 is 19.3 Å². The second-order valence-electron chi connectivity index (χ2n) is 5.73. The highest BCUT2D eigenvalue weighted by atomic mass is 16.5. The minimum Gasteiger partial charge on any atom is -0.493 e. The molecule has 6 nitrogen and oxygen atoms in total. The Kier molecular flexibility index (Phi) is 10.3. The van der Waals surface area contributed by atoms with E-state index in [0.29, 0.717) is 25.9 Å². The summed E-state index contributed by atoms with van der Waals surface area (Å²) in [6.45, 7) is 0.756. The smallest absolute Gasteiger partial charge is 0.305 e. The molecule has 0 saturated carbocycles. The lowest BCUT2D eigenvalue weighted by Gasteiger charge is -2.13. The highest BCUT2D eigenvalue weighted by molar-refractivity contribution is 5.70. The van der Waals surface area contributed by atoms with Gasteiger partial charge in [0, 0.05) is 19.4 Å². The number of hydrogen-bond donors (Lipinski definition) is 1. The number of aryl methyl sites for hydroxylation is 2. The van der Waals surface area contributed by atoms with Crippen LogP contribution in [0.5, 0.6) is 5.75 Å². The number of hydrogen-bond acceptors (Lipinski definition) is 6. The Labute approximate surface area is 149 Å². The second kappa shape index (κ2) is 12.3. The van der Waals surface area contributed by atoms with Crippen LogP contribution in [-0.4, -0.2) is 44.5 Å². The van der Waals surface area contributed by atoms with Crippen molar-refractivity contribution in [3.63, 3.8) is 0 Å². The number of carbonyl (C=O) groups is 2. The van der Waals surface area contributed by atoms with Crippen LogP contribution in [0.15, 0.2) is 18.2 Å². The first-order valence-electron chi connectivity index (χ1n) is 8.59. The summed E-state index contributed by atoms with van der Waals surface area (Å²) in [6, 6.07) is 5.77. The number of rotatable bonds is 12. The fraction of sp³-hybridized carbons (Fsp3) is 0.579. The molecule has 0 bridgehead atoms. The summed E-state index contributed by atoms with van der Waals surface area (Å²) >= 11 is 0. The number of methoxy groups -OCH3 is 2. The maximum atomic E-state index is 11.4. The zero-order valence-electron chi connectivity index (χ0n) is 15.1. The van der Waals surface area contributed by atoms with Crippen molar-refractivity contribution in [2.24, 2.45) is 0 Å². The number of unbranched alkanes of at least 4 members (excludes halogenated alkanes) is 2. The van der Waals surface area contributed by atoms with Crippen molar-refractivity contribution in [3.05, 3.63) is 29.3 Å². The third-order valence-electron chi connectivity index (χ3n) is 3.86. The van der Waals surface area contributed by atoms with Crippen LogP contribution < -0.4 is 4.74 Å². The van der Waals surface area contributed by atoms with Crippen LogP contribution in [-0.2, 0) is 31.9 Å². The number of esters is 2. The molecule has 0 aliphatic rings. The molecule has 1 aromatic carbocycles. The minimum atomic E-state index is -0.270. The highest BCUT2D eigenvalue weighted by Gasteiger charge is 2.10. The van der Waals surface area contributed by atoms with Crippen molar-refractivity contribution < 1.29 is 28.9 Å². The van der Waals surface area contributed by atoms with Crippen molar-refractivity contribution in [3.8, 4) is 5.75 Å². The van der Waals surface area contributed by atoms with Gasteiger partial charge in [-0.1, -0.05) is 12.1 Å². The summed E-state index contributed by atoms with van der Waals surface area (Å²) in [5.74, 6) is 0.226. The second-order valence-corrected chi connectivity index (χ2v) is 5.73. The molecule has 0 spiro atoms. The molecule has 0 atom stereocenters. The van der Waals surface area contributed by atoms with E-state index in [1.54, 1.807) is 0 Å². The van der Waals surface area contributed by atoms with Gasteiger partial charge in [-0.2, -0.15) is 0 Å². The summed E-state index contributed by atoms with van der Waals surface area (Å²) in [6.07, 6.45) is 4.23. The Bertz CT molecular complexity index is 541.